The molecule has 4 atom stereocenters. The van der Waals surface area contributed by atoms with Crippen LogP contribution < -0.4 is 9.64 Å². The molecule has 0 radical (unpaired) electrons. The van der Waals surface area contributed by atoms with Gasteiger partial charge in [0.25, 0.3) is 0 Å². The van der Waals surface area contributed by atoms with E-state index in [-0.39, 0.29) is 30.0 Å². The van der Waals surface area contributed by atoms with Gasteiger partial charge in [0.15, 0.2) is 0 Å². The molecule has 0 amide bonds. The molecule has 10 heteroatoms. The number of rotatable bonds is 6. The first-order valence-corrected chi connectivity index (χ1v) is 12.4. The van der Waals surface area contributed by atoms with E-state index in [0.717, 1.165) is 38.5 Å². The number of anilines is 1. The van der Waals surface area contributed by atoms with E-state index in [1.807, 2.05) is 11.9 Å². The van der Waals surface area contributed by atoms with E-state index < -0.39 is 10.0 Å². The third-order valence-electron chi connectivity index (χ3n) is 6.27. The maximum Gasteiger partial charge on any atom is 0.230 e. The summed E-state index contributed by atoms with van der Waals surface area (Å²) in [6, 6.07) is 1.88. The zero-order valence-electron chi connectivity index (χ0n) is 17.0. The maximum atomic E-state index is 12.6. The average Bonchev–Trinajstić information content (AvgIpc) is 3.18. The topological polar surface area (TPSA) is 84.9 Å². The maximum absolute atomic E-state index is 12.6. The molecular formula is C19H29ClN4O4S. The summed E-state index contributed by atoms with van der Waals surface area (Å²) in [5.41, 5.74) is 0. The second-order valence-corrected chi connectivity index (χ2v) is 10.7. The molecule has 0 aliphatic carbocycles. The van der Waals surface area contributed by atoms with Crippen molar-refractivity contribution in [2.24, 2.45) is 0 Å². The number of hydrogen-bond acceptors (Lipinski definition) is 7. The Morgan fingerprint density at radius 1 is 1.28 bits per heavy atom. The van der Waals surface area contributed by atoms with Gasteiger partial charge < -0.3 is 14.4 Å². The van der Waals surface area contributed by atoms with E-state index in [0.29, 0.717) is 30.2 Å². The second kappa shape index (κ2) is 8.53. The highest BCUT2D eigenvalue weighted by Crippen LogP contribution is 2.38. The van der Waals surface area contributed by atoms with Gasteiger partial charge in [-0.3, -0.25) is 0 Å². The molecule has 162 valence electrons. The van der Waals surface area contributed by atoms with E-state index in [1.54, 1.807) is 17.3 Å². The van der Waals surface area contributed by atoms with Crippen molar-refractivity contribution in [1.29, 1.82) is 0 Å². The molecule has 1 aromatic heterocycles. The van der Waals surface area contributed by atoms with E-state index >= 15 is 0 Å². The van der Waals surface area contributed by atoms with Crippen LogP contribution in [0.5, 0.6) is 5.88 Å². The summed E-state index contributed by atoms with van der Waals surface area (Å²) in [6.45, 7) is 2.97. The Kier molecular flexibility index (Phi) is 6.20. The zero-order valence-corrected chi connectivity index (χ0v) is 18.5. The molecule has 3 aliphatic heterocycles. The summed E-state index contributed by atoms with van der Waals surface area (Å²) < 4.78 is 38.3. The number of fused-ring (bicyclic) bond motifs is 2. The Labute approximate surface area is 177 Å². The number of sulfonamides is 1. The van der Waals surface area contributed by atoms with Crippen LogP contribution in [-0.4, -0.2) is 72.9 Å². The van der Waals surface area contributed by atoms with Crippen molar-refractivity contribution in [3.8, 4) is 5.88 Å². The van der Waals surface area contributed by atoms with E-state index in [1.165, 1.54) is 0 Å². The van der Waals surface area contributed by atoms with Crippen LogP contribution in [0.1, 0.15) is 45.4 Å². The lowest BCUT2D eigenvalue weighted by molar-refractivity contribution is 0.109. The van der Waals surface area contributed by atoms with Crippen LogP contribution in [0.25, 0.3) is 0 Å². The predicted octanol–water partition coefficient (Wildman–Crippen LogP) is 2.47. The summed E-state index contributed by atoms with van der Waals surface area (Å²) in [4.78, 5) is 11.0. The third-order valence-corrected chi connectivity index (χ3v) is 8.43. The van der Waals surface area contributed by atoms with Crippen molar-refractivity contribution in [2.75, 3.05) is 30.9 Å². The molecular weight excluding hydrogens is 416 g/mol. The first-order chi connectivity index (χ1) is 13.9. The quantitative estimate of drug-likeness (QED) is 0.623. The highest BCUT2D eigenvalue weighted by molar-refractivity contribution is 7.89. The fourth-order valence-electron chi connectivity index (χ4n) is 4.77. The third kappa shape index (κ3) is 4.47. The van der Waals surface area contributed by atoms with Crippen LogP contribution in [0, 0.1) is 0 Å². The first-order valence-electron chi connectivity index (χ1n) is 10.4. The lowest BCUT2D eigenvalue weighted by Crippen LogP contribution is -2.58. The molecule has 3 fully saturated rings. The predicted molar refractivity (Wildman–Crippen MR) is 111 cm³/mol. The number of piperidine rings is 2. The monoisotopic (exact) mass is 444 g/mol. The van der Waals surface area contributed by atoms with Gasteiger partial charge >= 0.3 is 0 Å². The Bertz CT molecular complexity index is 819. The molecule has 29 heavy (non-hydrogen) atoms. The minimum atomic E-state index is -3.19. The SMILES string of the molecule is CCS(=O)(=O)N1[C@@H]2CCC[C@H]1CC(N(C)c1nc(Cl)cc(OC3CCOC3)n1)C2. The average molecular weight is 445 g/mol. The molecule has 0 aromatic carbocycles. The van der Waals surface area contributed by atoms with Gasteiger partial charge in [0.1, 0.15) is 11.3 Å². The van der Waals surface area contributed by atoms with E-state index in [2.05, 4.69) is 9.97 Å². The van der Waals surface area contributed by atoms with Gasteiger partial charge in [0.2, 0.25) is 21.9 Å². The van der Waals surface area contributed by atoms with Crippen molar-refractivity contribution in [1.82, 2.24) is 14.3 Å². The smallest absolute Gasteiger partial charge is 0.230 e. The van der Waals surface area contributed by atoms with Crippen molar-refractivity contribution in [2.45, 2.75) is 69.7 Å². The summed E-state index contributed by atoms with van der Waals surface area (Å²) >= 11 is 6.24. The number of hydrogen-bond donors (Lipinski definition) is 0. The number of aromatic nitrogens is 2. The Balaban J connectivity index is 1.51. The van der Waals surface area contributed by atoms with Crippen LogP contribution in [0.2, 0.25) is 5.15 Å². The molecule has 2 unspecified atom stereocenters. The number of ether oxygens (including phenoxy) is 2. The van der Waals surface area contributed by atoms with Crippen molar-refractivity contribution < 1.29 is 17.9 Å². The summed E-state index contributed by atoms with van der Waals surface area (Å²) in [5.74, 6) is 1.12. The van der Waals surface area contributed by atoms with Gasteiger partial charge in [-0.1, -0.05) is 18.0 Å². The van der Waals surface area contributed by atoms with Gasteiger partial charge in [-0.05, 0) is 32.6 Å². The molecule has 8 nitrogen and oxygen atoms in total. The van der Waals surface area contributed by atoms with Gasteiger partial charge in [0, 0.05) is 37.7 Å². The fourth-order valence-corrected chi connectivity index (χ4v) is 6.53. The lowest BCUT2D eigenvalue weighted by Gasteiger charge is -2.49. The molecule has 3 saturated heterocycles. The molecule has 0 saturated carbocycles. The van der Waals surface area contributed by atoms with Gasteiger partial charge in [-0.25, -0.2) is 13.4 Å². The van der Waals surface area contributed by atoms with Crippen molar-refractivity contribution in [3.63, 3.8) is 0 Å². The number of nitrogens with zero attached hydrogens (tertiary/aromatic N) is 4. The standard InChI is InChI=1S/C19H29ClN4O4S/c1-3-29(25,26)24-13-5-4-6-14(24)10-15(9-13)23(2)19-21-17(20)11-18(22-19)28-16-7-8-27-12-16/h11,13-16H,3-10,12H2,1-2H3/t13-,14+,15?,16?. The zero-order chi connectivity index (χ0) is 20.6. The molecule has 2 bridgehead atoms. The van der Waals surface area contributed by atoms with Crippen LogP contribution in [0.15, 0.2) is 6.07 Å². The molecule has 1 aromatic rings. The summed E-state index contributed by atoms with van der Waals surface area (Å²) in [5, 5.41) is 0.335. The minimum Gasteiger partial charge on any atom is -0.472 e. The lowest BCUT2D eigenvalue weighted by atomic mass is 9.83. The van der Waals surface area contributed by atoms with Crippen LogP contribution in [-0.2, 0) is 14.8 Å². The van der Waals surface area contributed by atoms with Crippen LogP contribution in [0.3, 0.4) is 0 Å². The van der Waals surface area contributed by atoms with E-state index in [9.17, 15) is 8.42 Å². The fraction of sp³-hybridized carbons (Fsp3) is 0.789. The number of halogens is 1. The van der Waals surface area contributed by atoms with Gasteiger partial charge in [0.05, 0.1) is 19.0 Å². The largest absolute Gasteiger partial charge is 0.472 e. The Morgan fingerprint density at radius 3 is 2.62 bits per heavy atom. The molecule has 0 N–H and O–H groups in total. The van der Waals surface area contributed by atoms with Crippen LogP contribution in [0.4, 0.5) is 5.95 Å². The van der Waals surface area contributed by atoms with Crippen molar-refractivity contribution >= 4 is 27.6 Å². The molecule has 4 rings (SSSR count). The van der Waals surface area contributed by atoms with Crippen molar-refractivity contribution in [3.05, 3.63) is 11.2 Å². The van der Waals surface area contributed by atoms with Crippen LogP contribution >= 0.6 is 11.6 Å². The normalized spacial score (nSPS) is 30.3. The molecule has 4 heterocycles. The first kappa shape index (κ1) is 21.1. The Morgan fingerprint density at radius 2 is 2.00 bits per heavy atom. The summed E-state index contributed by atoms with van der Waals surface area (Å²) in [6.07, 6.45) is 5.26. The molecule has 3 aliphatic rings. The molecule has 0 spiro atoms. The minimum absolute atomic E-state index is 0.0130. The highest BCUT2D eigenvalue weighted by atomic mass is 35.5. The Hall–Kier alpha value is -1.16. The summed E-state index contributed by atoms with van der Waals surface area (Å²) in [7, 11) is -1.23. The second-order valence-electron chi connectivity index (χ2n) is 8.14. The van der Waals surface area contributed by atoms with Gasteiger partial charge in [-0.15, -0.1) is 0 Å². The highest BCUT2D eigenvalue weighted by Gasteiger charge is 2.45. The van der Waals surface area contributed by atoms with Gasteiger partial charge in [-0.2, -0.15) is 9.29 Å². The van der Waals surface area contributed by atoms with E-state index in [4.69, 9.17) is 21.1 Å².